The first-order valence-corrected chi connectivity index (χ1v) is 6.38. The van der Waals surface area contributed by atoms with E-state index >= 15 is 0 Å². The molecule has 1 amide bonds. The highest BCUT2D eigenvalue weighted by Gasteiger charge is 2.11. The van der Waals surface area contributed by atoms with Gasteiger partial charge in [-0.15, -0.1) is 0 Å². The van der Waals surface area contributed by atoms with Crippen LogP contribution in [0.25, 0.3) is 0 Å². The Hall–Kier alpha value is -1.92. The summed E-state index contributed by atoms with van der Waals surface area (Å²) >= 11 is 3.39. The molecule has 6 heteroatoms. The number of aromatic nitrogens is 1. The smallest absolute Gasteiger partial charge is 0.257 e. The summed E-state index contributed by atoms with van der Waals surface area (Å²) in [5, 5.41) is 2.82. The number of nitrogens with one attached hydrogen (secondary N) is 2. The molecule has 19 heavy (non-hydrogen) atoms. The number of nitrogen functional groups attached to an aromatic ring is 1. The van der Waals surface area contributed by atoms with Gasteiger partial charge in [-0.05, 0) is 36.8 Å². The number of nitrogens with two attached hydrogens (primary N) is 1. The van der Waals surface area contributed by atoms with Crippen LogP contribution in [0.1, 0.15) is 15.9 Å². The summed E-state index contributed by atoms with van der Waals surface area (Å²) in [7, 11) is 0. The summed E-state index contributed by atoms with van der Waals surface area (Å²) < 4.78 is 0.912. The van der Waals surface area contributed by atoms with Crippen molar-refractivity contribution in [2.24, 2.45) is 5.84 Å². The first-order valence-electron chi connectivity index (χ1n) is 5.59. The Kier molecular flexibility index (Phi) is 4.13. The molecule has 1 aromatic heterocycles. The van der Waals surface area contributed by atoms with Gasteiger partial charge in [-0.25, -0.2) is 0 Å². The molecule has 1 heterocycles. The van der Waals surface area contributed by atoms with Crippen LogP contribution in [0.5, 0.6) is 0 Å². The quantitative estimate of drug-likeness (QED) is 0.600. The number of hydrogen-bond acceptors (Lipinski definition) is 4. The third-order valence-electron chi connectivity index (χ3n) is 2.52. The van der Waals surface area contributed by atoms with Gasteiger partial charge in [0.05, 0.1) is 17.4 Å². The van der Waals surface area contributed by atoms with Crippen molar-refractivity contribution in [3.8, 4) is 0 Å². The summed E-state index contributed by atoms with van der Waals surface area (Å²) in [4.78, 5) is 16.1. The van der Waals surface area contributed by atoms with Crippen molar-refractivity contribution >= 4 is 33.2 Å². The lowest BCUT2D eigenvalue weighted by molar-refractivity contribution is 0.102. The maximum Gasteiger partial charge on any atom is 0.257 e. The molecule has 0 unspecified atom stereocenters. The van der Waals surface area contributed by atoms with Crippen LogP contribution >= 0.6 is 15.9 Å². The molecule has 0 aliphatic heterocycles. The van der Waals surface area contributed by atoms with E-state index in [9.17, 15) is 4.79 Å². The average molecular weight is 321 g/mol. The number of aryl methyl sites for hydroxylation is 1. The molecule has 0 bridgehead atoms. The largest absolute Gasteiger partial charge is 0.322 e. The predicted molar refractivity (Wildman–Crippen MR) is 78.9 cm³/mol. The summed E-state index contributed by atoms with van der Waals surface area (Å²) in [5.41, 5.74) is 5.14. The van der Waals surface area contributed by atoms with E-state index in [0.29, 0.717) is 11.3 Å². The average Bonchev–Trinajstić information content (AvgIpc) is 2.37. The van der Waals surface area contributed by atoms with Crippen molar-refractivity contribution in [3.05, 3.63) is 52.3 Å². The molecule has 2 rings (SSSR count). The van der Waals surface area contributed by atoms with Gasteiger partial charge in [0, 0.05) is 16.4 Å². The monoisotopic (exact) mass is 320 g/mol. The lowest BCUT2D eigenvalue weighted by Gasteiger charge is -2.10. The molecule has 0 spiro atoms. The number of amides is 1. The molecule has 0 atom stereocenters. The molecule has 98 valence electrons. The zero-order valence-electron chi connectivity index (χ0n) is 10.3. The van der Waals surface area contributed by atoms with Crippen LogP contribution in [0.4, 0.5) is 11.4 Å². The van der Waals surface area contributed by atoms with Crippen LogP contribution in [0.15, 0.2) is 41.1 Å². The molecule has 0 fully saturated rings. The number of pyridine rings is 1. The normalized spacial score (nSPS) is 10.1. The minimum absolute atomic E-state index is 0.243. The van der Waals surface area contributed by atoms with Gasteiger partial charge >= 0.3 is 0 Å². The summed E-state index contributed by atoms with van der Waals surface area (Å²) in [6.45, 7) is 1.96. The van der Waals surface area contributed by atoms with Crippen molar-refractivity contribution in [1.29, 1.82) is 0 Å². The molecule has 0 radical (unpaired) electrons. The number of rotatable bonds is 3. The number of benzene rings is 1. The van der Waals surface area contributed by atoms with E-state index in [0.717, 1.165) is 15.7 Å². The molecule has 0 saturated carbocycles. The predicted octanol–water partition coefficient (Wildman–Crippen LogP) is 2.69. The number of nitrogens with zero attached hydrogens (tertiary/aromatic N) is 1. The molecule has 0 aliphatic rings. The highest BCUT2D eigenvalue weighted by Crippen LogP contribution is 2.21. The minimum Gasteiger partial charge on any atom is -0.322 e. The third-order valence-corrected chi connectivity index (χ3v) is 2.98. The van der Waals surface area contributed by atoms with Gasteiger partial charge in [-0.1, -0.05) is 15.9 Å². The fourth-order valence-electron chi connectivity index (χ4n) is 1.71. The zero-order valence-corrected chi connectivity index (χ0v) is 11.9. The van der Waals surface area contributed by atoms with Crippen LogP contribution in [0.2, 0.25) is 0 Å². The number of anilines is 2. The van der Waals surface area contributed by atoms with Gasteiger partial charge in [-0.3, -0.25) is 15.6 Å². The van der Waals surface area contributed by atoms with Crippen LogP contribution in [0, 0.1) is 6.92 Å². The first-order chi connectivity index (χ1) is 9.10. The molecular formula is C13H13BrN4O. The van der Waals surface area contributed by atoms with Crippen molar-refractivity contribution in [3.63, 3.8) is 0 Å². The van der Waals surface area contributed by atoms with Gasteiger partial charge in [0.2, 0.25) is 0 Å². The van der Waals surface area contributed by atoms with E-state index in [2.05, 4.69) is 31.7 Å². The van der Waals surface area contributed by atoms with Crippen LogP contribution in [0.3, 0.4) is 0 Å². The van der Waals surface area contributed by atoms with Gasteiger partial charge in [-0.2, -0.15) is 0 Å². The molecule has 0 aliphatic carbocycles. The van der Waals surface area contributed by atoms with E-state index in [1.165, 1.54) is 6.20 Å². The second-order valence-electron chi connectivity index (χ2n) is 4.04. The first kappa shape index (κ1) is 13.5. The molecule has 2 aromatic rings. The van der Waals surface area contributed by atoms with Crippen LogP contribution < -0.4 is 16.6 Å². The van der Waals surface area contributed by atoms with E-state index in [4.69, 9.17) is 5.84 Å². The molecule has 5 nitrogen and oxygen atoms in total. The Morgan fingerprint density at radius 2 is 2.16 bits per heavy atom. The highest BCUT2D eigenvalue weighted by atomic mass is 79.9. The minimum atomic E-state index is -0.243. The topological polar surface area (TPSA) is 80.0 Å². The van der Waals surface area contributed by atoms with Crippen LogP contribution in [-0.2, 0) is 0 Å². The highest BCUT2D eigenvalue weighted by molar-refractivity contribution is 9.10. The molecule has 1 aromatic carbocycles. The SMILES string of the molecule is Cc1cc(Br)cc(NC(=O)c2ccncc2NN)c1. The Labute approximate surface area is 119 Å². The van der Waals surface area contributed by atoms with E-state index in [1.54, 1.807) is 12.3 Å². The Balaban J connectivity index is 2.25. The second kappa shape index (κ2) is 5.81. The molecule has 4 N–H and O–H groups in total. The fraction of sp³-hybridized carbons (Fsp3) is 0.0769. The maximum absolute atomic E-state index is 12.2. The summed E-state index contributed by atoms with van der Waals surface area (Å²) in [6.07, 6.45) is 3.04. The number of carbonyl (C=O) groups excluding carboxylic acids is 1. The van der Waals surface area contributed by atoms with E-state index in [1.807, 2.05) is 25.1 Å². The van der Waals surface area contributed by atoms with Gasteiger partial charge in [0.1, 0.15) is 0 Å². The molecular weight excluding hydrogens is 308 g/mol. The molecule has 0 saturated heterocycles. The Morgan fingerprint density at radius 1 is 1.37 bits per heavy atom. The number of halogens is 1. The lowest BCUT2D eigenvalue weighted by atomic mass is 10.2. The van der Waals surface area contributed by atoms with E-state index in [-0.39, 0.29) is 5.91 Å². The van der Waals surface area contributed by atoms with Crippen molar-refractivity contribution in [1.82, 2.24) is 4.98 Å². The van der Waals surface area contributed by atoms with Crippen molar-refractivity contribution in [2.45, 2.75) is 6.92 Å². The fourth-order valence-corrected chi connectivity index (χ4v) is 2.32. The van der Waals surface area contributed by atoms with E-state index < -0.39 is 0 Å². The van der Waals surface area contributed by atoms with Gasteiger partial charge in [0.15, 0.2) is 0 Å². The summed E-state index contributed by atoms with van der Waals surface area (Å²) in [5.74, 6) is 5.11. The number of hydrazine groups is 1. The summed E-state index contributed by atoms with van der Waals surface area (Å²) in [6, 6.07) is 7.30. The Morgan fingerprint density at radius 3 is 2.84 bits per heavy atom. The lowest BCUT2D eigenvalue weighted by Crippen LogP contribution is -2.17. The second-order valence-corrected chi connectivity index (χ2v) is 4.95. The van der Waals surface area contributed by atoms with Gasteiger partial charge < -0.3 is 10.7 Å². The van der Waals surface area contributed by atoms with Crippen LogP contribution in [-0.4, -0.2) is 10.9 Å². The number of hydrogen-bond donors (Lipinski definition) is 3. The third kappa shape index (κ3) is 3.30. The maximum atomic E-state index is 12.2. The Bertz CT molecular complexity index is 595. The standard InChI is InChI=1S/C13H13BrN4O/c1-8-4-9(14)6-10(5-8)17-13(19)11-2-3-16-7-12(11)18-15/h2-7,18H,15H2,1H3,(H,17,19). The van der Waals surface area contributed by atoms with Crippen molar-refractivity contribution < 1.29 is 4.79 Å². The number of carbonyl (C=O) groups is 1. The zero-order chi connectivity index (χ0) is 13.8. The van der Waals surface area contributed by atoms with Gasteiger partial charge in [0.25, 0.3) is 5.91 Å². The van der Waals surface area contributed by atoms with Crippen molar-refractivity contribution in [2.75, 3.05) is 10.7 Å².